The molecule has 2 aromatic heterocycles. The molecule has 0 aliphatic carbocycles. The van der Waals surface area contributed by atoms with Gasteiger partial charge in [-0.2, -0.15) is 4.73 Å². The molecule has 4 aromatic rings. The molecule has 0 fully saturated rings. The molecule has 2 heterocycles. The number of hydrogen-bond donors (Lipinski definition) is 3. The van der Waals surface area contributed by atoms with E-state index in [0.717, 1.165) is 33.2 Å². The monoisotopic (exact) mass is 464 g/mol. The first-order chi connectivity index (χ1) is 16.4. The Morgan fingerprint density at radius 2 is 1.76 bits per heavy atom. The number of nitrogens with one attached hydrogen (secondary N) is 2. The van der Waals surface area contributed by atoms with Gasteiger partial charge in [0.05, 0.1) is 19.7 Å². The topological polar surface area (TPSA) is 121 Å². The minimum atomic E-state index is -0.872. The van der Waals surface area contributed by atoms with Gasteiger partial charge in [-0.05, 0) is 53.9 Å². The molecular formula is C25H28N4O5. The van der Waals surface area contributed by atoms with E-state index in [1.54, 1.807) is 26.5 Å². The van der Waals surface area contributed by atoms with Gasteiger partial charge in [-0.3, -0.25) is 4.79 Å². The lowest BCUT2D eigenvalue weighted by atomic mass is 10.1. The predicted octanol–water partition coefficient (Wildman–Crippen LogP) is 2.34. The molecular weight excluding hydrogens is 436 g/mol. The minimum Gasteiger partial charge on any atom is -0.497 e. The maximum Gasteiger partial charge on any atom is 0.349 e. The summed E-state index contributed by atoms with van der Waals surface area (Å²) in [7, 11) is 3.20. The quantitative estimate of drug-likeness (QED) is 0.350. The molecule has 1 amide bonds. The molecule has 4 N–H and O–H groups in total. The molecule has 0 radical (unpaired) electrons. The van der Waals surface area contributed by atoms with Crippen LogP contribution in [0.5, 0.6) is 11.5 Å². The fraction of sp³-hybridized carbons (Fsp3) is 0.280. The number of benzene rings is 2. The van der Waals surface area contributed by atoms with Crippen molar-refractivity contribution in [1.29, 1.82) is 0 Å². The van der Waals surface area contributed by atoms with Crippen molar-refractivity contribution >= 4 is 33.7 Å². The van der Waals surface area contributed by atoms with Crippen LogP contribution in [0.3, 0.4) is 0 Å². The maximum absolute atomic E-state index is 12.9. The summed E-state index contributed by atoms with van der Waals surface area (Å²) in [4.78, 5) is 33.0. The molecule has 2 aromatic carbocycles. The van der Waals surface area contributed by atoms with Gasteiger partial charge in [0, 0.05) is 48.6 Å². The largest absolute Gasteiger partial charge is 0.497 e. The zero-order valence-electron chi connectivity index (χ0n) is 19.4. The van der Waals surface area contributed by atoms with Gasteiger partial charge in [-0.15, -0.1) is 0 Å². The van der Waals surface area contributed by atoms with Crippen LogP contribution in [0.25, 0.3) is 21.8 Å². The van der Waals surface area contributed by atoms with Crippen molar-refractivity contribution in [2.45, 2.75) is 25.8 Å². The van der Waals surface area contributed by atoms with Crippen LogP contribution >= 0.6 is 0 Å². The van der Waals surface area contributed by atoms with Crippen molar-refractivity contribution in [3.05, 3.63) is 59.9 Å². The lowest BCUT2D eigenvalue weighted by Crippen LogP contribution is -2.39. The number of ether oxygens (including phenoxy) is 2. The highest BCUT2D eigenvalue weighted by Crippen LogP contribution is 2.27. The van der Waals surface area contributed by atoms with Gasteiger partial charge >= 0.3 is 5.97 Å². The smallest absolute Gasteiger partial charge is 0.349 e. The van der Waals surface area contributed by atoms with E-state index in [0.29, 0.717) is 30.7 Å². The molecule has 4 rings (SSSR count). The number of nitrogens with two attached hydrogens (primary N) is 1. The summed E-state index contributed by atoms with van der Waals surface area (Å²) < 4.78 is 12.1. The van der Waals surface area contributed by atoms with E-state index in [2.05, 4.69) is 10.3 Å². The Hall–Kier alpha value is -3.98. The molecule has 0 aliphatic rings. The molecule has 9 nitrogen and oxygen atoms in total. The summed E-state index contributed by atoms with van der Waals surface area (Å²) in [6.07, 6.45) is 4.45. The first kappa shape index (κ1) is 23.2. The normalized spacial score (nSPS) is 12.0. The highest BCUT2D eigenvalue weighted by atomic mass is 16.7. The number of carbonyl (C=O) groups is 2. The Balaban J connectivity index is 1.54. The average Bonchev–Trinajstić information content (AvgIpc) is 3.39. The molecule has 0 saturated heterocycles. The third kappa shape index (κ3) is 4.84. The van der Waals surface area contributed by atoms with Crippen molar-refractivity contribution in [3.8, 4) is 11.5 Å². The zero-order valence-corrected chi connectivity index (χ0v) is 19.4. The summed E-state index contributed by atoms with van der Waals surface area (Å²) in [5, 5.41) is 4.60. The van der Waals surface area contributed by atoms with Gasteiger partial charge in [0.15, 0.2) is 0 Å². The average molecular weight is 465 g/mol. The second kappa shape index (κ2) is 9.88. The van der Waals surface area contributed by atoms with Gasteiger partial charge < -0.3 is 30.3 Å². The van der Waals surface area contributed by atoms with Crippen LogP contribution in [0.1, 0.15) is 18.1 Å². The Labute approximate surface area is 196 Å². The first-order valence-electron chi connectivity index (χ1n) is 10.9. The third-order valence-electron chi connectivity index (χ3n) is 5.73. The second-order valence-electron chi connectivity index (χ2n) is 8.04. The third-order valence-corrected chi connectivity index (χ3v) is 5.73. The fourth-order valence-corrected chi connectivity index (χ4v) is 3.96. The molecule has 0 bridgehead atoms. The number of aromatic nitrogens is 2. The van der Waals surface area contributed by atoms with Gasteiger partial charge in [0.1, 0.15) is 17.5 Å². The number of aromatic amines is 1. The summed E-state index contributed by atoms with van der Waals surface area (Å²) in [6, 6.07) is 10.3. The van der Waals surface area contributed by atoms with Gasteiger partial charge in [0.2, 0.25) is 5.91 Å². The molecule has 178 valence electrons. The van der Waals surface area contributed by atoms with Crippen LogP contribution in [0.15, 0.2) is 48.8 Å². The lowest BCUT2D eigenvalue weighted by Gasteiger charge is -2.12. The number of carbonyl (C=O) groups excluding carboxylic acids is 2. The molecule has 9 heteroatoms. The molecule has 0 saturated carbocycles. The van der Waals surface area contributed by atoms with Crippen molar-refractivity contribution in [3.63, 3.8) is 0 Å². The highest BCUT2D eigenvalue weighted by molar-refractivity contribution is 5.88. The van der Waals surface area contributed by atoms with Crippen LogP contribution in [-0.4, -0.2) is 48.4 Å². The van der Waals surface area contributed by atoms with E-state index in [1.807, 2.05) is 36.5 Å². The number of rotatable bonds is 9. The lowest BCUT2D eigenvalue weighted by molar-refractivity contribution is -0.145. The molecule has 0 unspecified atom stereocenters. The molecule has 0 aliphatic heterocycles. The number of H-pyrrole nitrogens is 1. The van der Waals surface area contributed by atoms with Crippen LogP contribution < -0.4 is 25.4 Å². The minimum absolute atomic E-state index is 0.103. The Morgan fingerprint density at radius 3 is 2.47 bits per heavy atom. The van der Waals surface area contributed by atoms with Crippen LogP contribution in [-0.2, 0) is 22.4 Å². The van der Waals surface area contributed by atoms with Crippen molar-refractivity contribution in [2.75, 3.05) is 20.8 Å². The summed E-state index contributed by atoms with van der Waals surface area (Å²) in [6.45, 7) is 1.93. The van der Waals surface area contributed by atoms with Crippen LogP contribution in [0, 0.1) is 0 Å². The van der Waals surface area contributed by atoms with Gasteiger partial charge in [-0.1, -0.05) is 0 Å². The summed E-state index contributed by atoms with van der Waals surface area (Å²) in [5.41, 5.74) is 9.68. The number of nitrogens with zero attached hydrogens (tertiary/aromatic N) is 1. The van der Waals surface area contributed by atoms with E-state index < -0.39 is 12.0 Å². The van der Waals surface area contributed by atoms with E-state index in [9.17, 15) is 9.59 Å². The van der Waals surface area contributed by atoms with Crippen LogP contribution in [0.4, 0.5) is 0 Å². The Kier molecular flexibility index (Phi) is 6.74. The Bertz CT molecular complexity index is 1340. The van der Waals surface area contributed by atoms with Crippen LogP contribution in [0.2, 0.25) is 0 Å². The van der Waals surface area contributed by atoms with E-state index in [4.69, 9.17) is 20.0 Å². The van der Waals surface area contributed by atoms with Gasteiger partial charge in [-0.25, -0.2) is 4.79 Å². The van der Waals surface area contributed by atoms with E-state index in [-0.39, 0.29) is 5.91 Å². The number of methoxy groups -OCH3 is 2. The number of fused-ring (bicyclic) bond motifs is 2. The highest BCUT2D eigenvalue weighted by Gasteiger charge is 2.21. The van der Waals surface area contributed by atoms with Crippen molar-refractivity contribution in [1.82, 2.24) is 15.0 Å². The zero-order chi connectivity index (χ0) is 24.2. The standard InChI is InChI=1S/C25H28N4O5/c1-15(30)27-9-8-16-14-29(24-7-5-19(33-3)12-21(16)24)34-25(31)22(26)10-17-13-28-23-6-4-18(32-2)11-20(17)23/h4-7,11-14,22,28H,8-10,26H2,1-3H3,(H,27,30)/t22-/m0/s1. The fourth-order valence-electron chi connectivity index (χ4n) is 3.96. The van der Waals surface area contributed by atoms with E-state index >= 15 is 0 Å². The molecule has 0 spiro atoms. The predicted molar refractivity (Wildman–Crippen MR) is 129 cm³/mol. The first-order valence-corrected chi connectivity index (χ1v) is 10.9. The van der Waals surface area contributed by atoms with Gasteiger partial charge in [0.25, 0.3) is 0 Å². The summed E-state index contributed by atoms with van der Waals surface area (Å²) in [5.74, 6) is 0.751. The Morgan fingerprint density at radius 1 is 1.06 bits per heavy atom. The SMILES string of the molecule is COc1ccc2[nH]cc(C[C@H](N)C(=O)On3cc(CCNC(C)=O)c4cc(OC)ccc43)c2c1. The molecule has 34 heavy (non-hydrogen) atoms. The van der Waals surface area contributed by atoms with Crippen molar-refractivity contribution < 1.29 is 23.9 Å². The van der Waals surface area contributed by atoms with E-state index in [1.165, 1.54) is 11.7 Å². The second-order valence-corrected chi connectivity index (χ2v) is 8.04. The van der Waals surface area contributed by atoms with Crippen molar-refractivity contribution in [2.24, 2.45) is 5.73 Å². The number of amides is 1. The number of hydrogen-bond acceptors (Lipinski definition) is 6. The maximum atomic E-state index is 12.9. The summed E-state index contributed by atoms with van der Waals surface area (Å²) >= 11 is 0. The molecule has 1 atom stereocenters.